The zero-order valence-corrected chi connectivity index (χ0v) is 11.0. The summed E-state index contributed by atoms with van der Waals surface area (Å²) < 4.78 is 0.349. The average molecular weight is 255 g/mol. The molecule has 0 aliphatic carbocycles. The van der Waals surface area contributed by atoms with E-state index in [4.69, 9.17) is 10.8 Å². The Balaban J connectivity index is 2.04. The highest BCUT2D eigenvalue weighted by molar-refractivity contribution is 5.79. The second-order valence-electron chi connectivity index (χ2n) is 5.68. The predicted molar refractivity (Wildman–Crippen MR) is 66.6 cm³/mol. The van der Waals surface area contributed by atoms with Gasteiger partial charge in [-0.05, 0) is 6.42 Å². The van der Waals surface area contributed by atoms with Crippen LogP contribution in [0.5, 0.6) is 0 Å². The third kappa shape index (κ3) is 1.95. The van der Waals surface area contributed by atoms with Crippen molar-refractivity contribution in [3.8, 4) is 0 Å². The SMILES string of the molecule is CCCC[C@H](N)C(=O)[N+]12CCCC1C(C(=O)O)C2. The molecule has 0 radical (unpaired) electrons. The molecule has 3 unspecified atom stereocenters. The van der Waals surface area contributed by atoms with Crippen LogP contribution in [0.3, 0.4) is 0 Å². The molecule has 0 spiro atoms. The number of unbranched alkanes of at least 4 members (excludes halogenated alkanes) is 1. The molecule has 3 N–H and O–H groups in total. The number of aliphatic carboxylic acids is 1. The molecular weight excluding hydrogens is 232 g/mol. The van der Waals surface area contributed by atoms with Gasteiger partial charge in [0.2, 0.25) is 0 Å². The van der Waals surface area contributed by atoms with E-state index in [1.165, 1.54) is 0 Å². The number of hydrogen-bond donors (Lipinski definition) is 2. The summed E-state index contributed by atoms with van der Waals surface area (Å²) in [6, 6.07) is -0.428. The Labute approximate surface area is 108 Å². The normalized spacial score (nSPS) is 35.7. The summed E-state index contributed by atoms with van der Waals surface area (Å²) in [7, 11) is 0. The summed E-state index contributed by atoms with van der Waals surface area (Å²) in [6.45, 7) is 3.32. The lowest BCUT2D eigenvalue weighted by molar-refractivity contribution is -0.916. The van der Waals surface area contributed by atoms with Gasteiger partial charge in [0.25, 0.3) is 0 Å². The molecule has 5 heteroatoms. The van der Waals surface area contributed by atoms with Crippen LogP contribution in [0, 0.1) is 5.92 Å². The third-order valence-corrected chi connectivity index (χ3v) is 4.62. The highest BCUT2D eigenvalue weighted by atomic mass is 16.4. The second-order valence-corrected chi connectivity index (χ2v) is 5.68. The molecule has 0 aromatic rings. The number of carboxylic acid groups (broad SMARTS) is 1. The average Bonchev–Trinajstić information content (AvgIpc) is 2.63. The fraction of sp³-hybridized carbons (Fsp3) is 0.846. The maximum Gasteiger partial charge on any atom is 0.330 e. The van der Waals surface area contributed by atoms with E-state index in [0.29, 0.717) is 11.0 Å². The van der Waals surface area contributed by atoms with E-state index in [0.717, 1.165) is 38.6 Å². The minimum Gasteiger partial charge on any atom is -0.481 e. The third-order valence-electron chi connectivity index (χ3n) is 4.62. The van der Waals surface area contributed by atoms with E-state index in [9.17, 15) is 9.59 Å². The molecule has 2 heterocycles. The molecular formula is C13H23N2O3+. The molecule has 0 saturated carbocycles. The Hall–Kier alpha value is -0.940. The minimum absolute atomic E-state index is 0.0114. The van der Waals surface area contributed by atoms with E-state index in [-0.39, 0.29) is 17.9 Å². The van der Waals surface area contributed by atoms with Gasteiger partial charge in [-0.25, -0.2) is 4.79 Å². The van der Waals surface area contributed by atoms with Gasteiger partial charge >= 0.3 is 11.9 Å². The lowest BCUT2D eigenvalue weighted by Crippen LogP contribution is -2.74. The van der Waals surface area contributed by atoms with Crippen LogP contribution >= 0.6 is 0 Å². The van der Waals surface area contributed by atoms with Crippen LogP contribution < -0.4 is 5.73 Å². The maximum absolute atomic E-state index is 12.5. The van der Waals surface area contributed by atoms with Crippen LogP contribution in [0.15, 0.2) is 0 Å². The molecule has 102 valence electrons. The number of amides is 1. The van der Waals surface area contributed by atoms with Gasteiger partial charge in [-0.2, -0.15) is 0 Å². The first-order chi connectivity index (χ1) is 8.53. The zero-order valence-electron chi connectivity index (χ0n) is 11.0. The zero-order chi connectivity index (χ0) is 13.3. The summed E-state index contributed by atoms with van der Waals surface area (Å²) in [5.74, 6) is -1.02. The first-order valence-corrected chi connectivity index (χ1v) is 6.92. The monoisotopic (exact) mass is 255 g/mol. The van der Waals surface area contributed by atoms with E-state index in [1.54, 1.807) is 0 Å². The number of nitrogens with zero attached hydrogens (tertiary/aromatic N) is 1. The van der Waals surface area contributed by atoms with Gasteiger partial charge in [0, 0.05) is 12.8 Å². The quantitative estimate of drug-likeness (QED) is 0.709. The molecule has 18 heavy (non-hydrogen) atoms. The van der Waals surface area contributed by atoms with Crippen molar-refractivity contribution in [3.05, 3.63) is 0 Å². The molecule has 4 atom stereocenters. The largest absolute Gasteiger partial charge is 0.481 e. The van der Waals surface area contributed by atoms with Gasteiger partial charge in [-0.15, -0.1) is 0 Å². The van der Waals surface area contributed by atoms with Gasteiger partial charge in [0.1, 0.15) is 18.6 Å². The van der Waals surface area contributed by atoms with Crippen molar-refractivity contribution in [3.63, 3.8) is 0 Å². The molecule has 0 aromatic carbocycles. The number of carbonyl (C=O) groups is 2. The Kier molecular flexibility index (Phi) is 3.73. The summed E-state index contributed by atoms with van der Waals surface area (Å²) in [4.78, 5) is 23.5. The van der Waals surface area contributed by atoms with Crippen molar-refractivity contribution in [1.29, 1.82) is 0 Å². The number of quaternary nitrogens is 1. The van der Waals surface area contributed by atoms with E-state index in [1.807, 2.05) is 0 Å². The topological polar surface area (TPSA) is 80.4 Å². The number of rotatable bonds is 5. The van der Waals surface area contributed by atoms with Crippen molar-refractivity contribution >= 4 is 11.9 Å². The van der Waals surface area contributed by atoms with Gasteiger partial charge in [-0.1, -0.05) is 19.8 Å². The number of carbonyl (C=O) groups excluding carboxylic acids is 1. The summed E-state index contributed by atoms with van der Waals surface area (Å²) in [6.07, 6.45) is 4.51. The second kappa shape index (κ2) is 4.97. The smallest absolute Gasteiger partial charge is 0.330 e. The summed E-state index contributed by atoms with van der Waals surface area (Å²) in [5, 5.41) is 9.10. The molecule has 2 fully saturated rings. The van der Waals surface area contributed by atoms with Crippen LogP contribution in [-0.2, 0) is 9.59 Å². The van der Waals surface area contributed by atoms with Crippen molar-refractivity contribution in [1.82, 2.24) is 0 Å². The lowest BCUT2D eigenvalue weighted by Gasteiger charge is -2.50. The molecule has 2 saturated heterocycles. The van der Waals surface area contributed by atoms with Crippen LogP contribution in [-0.4, -0.2) is 46.6 Å². The molecule has 2 aliphatic heterocycles. The number of carboxylic acids is 1. The number of fused-ring (bicyclic) bond motifs is 1. The van der Waals surface area contributed by atoms with Crippen molar-refractivity contribution in [2.24, 2.45) is 11.7 Å². The van der Waals surface area contributed by atoms with Crippen LogP contribution in [0.1, 0.15) is 39.0 Å². The molecule has 2 rings (SSSR count). The molecule has 5 nitrogen and oxygen atoms in total. The molecule has 1 amide bonds. The first-order valence-electron chi connectivity index (χ1n) is 6.92. The Bertz CT molecular complexity index is 358. The van der Waals surface area contributed by atoms with Gasteiger partial charge in [0.15, 0.2) is 5.92 Å². The molecule has 2 aliphatic rings. The van der Waals surface area contributed by atoms with Gasteiger partial charge < -0.3 is 10.8 Å². The van der Waals surface area contributed by atoms with Crippen LogP contribution in [0.4, 0.5) is 0 Å². The fourth-order valence-electron chi connectivity index (χ4n) is 3.59. The summed E-state index contributed by atoms with van der Waals surface area (Å²) in [5.41, 5.74) is 5.97. The van der Waals surface area contributed by atoms with Crippen LogP contribution in [0.25, 0.3) is 0 Å². The van der Waals surface area contributed by atoms with Crippen LogP contribution in [0.2, 0.25) is 0 Å². The van der Waals surface area contributed by atoms with E-state index < -0.39 is 12.0 Å². The van der Waals surface area contributed by atoms with Crippen molar-refractivity contribution < 1.29 is 19.2 Å². The highest BCUT2D eigenvalue weighted by Crippen LogP contribution is 2.43. The Morgan fingerprint density at radius 1 is 1.50 bits per heavy atom. The fourth-order valence-corrected chi connectivity index (χ4v) is 3.59. The highest BCUT2D eigenvalue weighted by Gasteiger charge is 2.64. The van der Waals surface area contributed by atoms with E-state index in [2.05, 4.69) is 6.92 Å². The Morgan fingerprint density at radius 2 is 2.22 bits per heavy atom. The minimum atomic E-state index is -0.759. The molecule has 0 bridgehead atoms. The standard InChI is InChI=1S/C13H22N2O3/c1-2-3-5-10(14)12(16)15-7-4-6-11(15)9(8-15)13(17)18/h9-11H,2-8,14H2,1H3/p+1/t9?,10-,11?,15?/m0/s1. The first kappa shape index (κ1) is 13.5. The number of hydrogen-bond acceptors (Lipinski definition) is 3. The van der Waals surface area contributed by atoms with Gasteiger partial charge in [0.05, 0.1) is 6.54 Å². The van der Waals surface area contributed by atoms with Gasteiger partial charge in [-0.3, -0.25) is 9.28 Å². The maximum atomic E-state index is 12.5. The van der Waals surface area contributed by atoms with Crippen molar-refractivity contribution in [2.75, 3.05) is 13.1 Å². The summed E-state index contributed by atoms with van der Waals surface area (Å²) >= 11 is 0. The van der Waals surface area contributed by atoms with E-state index >= 15 is 0 Å². The lowest BCUT2D eigenvalue weighted by atomic mass is 9.84. The Morgan fingerprint density at radius 3 is 2.83 bits per heavy atom. The number of nitrogens with two attached hydrogens (primary N) is 1. The van der Waals surface area contributed by atoms with Crippen molar-refractivity contribution in [2.45, 2.75) is 51.1 Å². The predicted octanol–water partition coefficient (Wildman–Crippen LogP) is 0.724. The molecule has 0 aromatic heterocycles.